The second kappa shape index (κ2) is 6.84. The average molecular weight is 281 g/mol. The third kappa shape index (κ3) is 4.30. The summed E-state index contributed by atoms with van der Waals surface area (Å²) >= 11 is 0. The van der Waals surface area contributed by atoms with Gasteiger partial charge in [-0.3, -0.25) is 9.69 Å². The molecule has 0 saturated carbocycles. The third-order valence-corrected chi connectivity index (χ3v) is 3.24. The van der Waals surface area contributed by atoms with Gasteiger partial charge >= 0.3 is 0 Å². The van der Waals surface area contributed by atoms with Crippen LogP contribution in [0.1, 0.15) is 50.5 Å². The van der Waals surface area contributed by atoms with Crippen LogP contribution in [0.2, 0.25) is 0 Å². The Morgan fingerprint density at radius 3 is 2.35 bits per heavy atom. The summed E-state index contributed by atoms with van der Waals surface area (Å²) in [6.45, 7) is 11.0. The molecule has 1 rings (SSSR count). The predicted molar refractivity (Wildman–Crippen MR) is 78.5 cm³/mol. The summed E-state index contributed by atoms with van der Waals surface area (Å²) in [7, 11) is 0. The van der Waals surface area contributed by atoms with Gasteiger partial charge in [0.05, 0.1) is 5.56 Å². The lowest BCUT2D eigenvalue weighted by molar-refractivity contribution is 0.101. The van der Waals surface area contributed by atoms with Crippen LogP contribution >= 0.6 is 0 Å². The van der Waals surface area contributed by atoms with Gasteiger partial charge in [0, 0.05) is 24.7 Å². The molecule has 0 fully saturated rings. The molecule has 1 aromatic carbocycles. The van der Waals surface area contributed by atoms with Crippen molar-refractivity contribution in [3.8, 4) is 5.75 Å². The number of carbonyl (C=O) groups is 1. The summed E-state index contributed by atoms with van der Waals surface area (Å²) in [6, 6.07) is 2.67. The van der Waals surface area contributed by atoms with Crippen LogP contribution in [0.25, 0.3) is 0 Å². The van der Waals surface area contributed by atoms with Crippen LogP contribution in [0.15, 0.2) is 12.1 Å². The van der Waals surface area contributed by atoms with Crippen LogP contribution in [-0.2, 0) is 6.54 Å². The van der Waals surface area contributed by atoms with Crippen molar-refractivity contribution in [2.75, 3.05) is 6.54 Å². The summed E-state index contributed by atoms with van der Waals surface area (Å²) < 4.78 is 13.6. The number of ketones is 1. The van der Waals surface area contributed by atoms with E-state index in [1.807, 2.05) is 0 Å². The maximum Gasteiger partial charge on any atom is 0.163 e. The molecule has 20 heavy (non-hydrogen) atoms. The fraction of sp³-hybridized carbons (Fsp3) is 0.562. The van der Waals surface area contributed by atoms with E-state index >= 15 is 0 Å². The molecule has 0 aliphatic carbocycles. The molecule has 0 bridgehead atoms. The lowest BCUT2D eigenvalue weighted by Crippen LogP contribution is -2.33. The molecule has 1 N–H and O–H groups in total. The Morgan fingerprint density at radius 1 is 1.30 bits per heavy atom. The topological polar surface area (TPSA) is 40.5 Å². The number of phenolic OH excluding ortho intramolecular Hbond substituents is 1. The SMILES string of the molecule is CC(=O)c1cc(F)cc(CN(CC(C)C)C(C)C)c1O. The monoisotopic (exact) mass is 281 g/mol. The fourth-order valence-corrected chi connectivity index (χ4v) is 2.19. The molecule has 0 aliphatic rings. The van der Waals surface area contributed by atoms with E-state index in [9.17, 15) is 14.3 Å². The van der Waals surface area contributed by atoms with Gasteiger partial charge in [-0.2, -0.15) is 0 Å². The second-order valence-electron chi connectivity index (χ2n) is 5.93. The minimum absolute atomic E-state index is 0.0493. The second-order valence-corrected chi connectivity index (χ2v) is 5.93. The van der Waals surface area contributed by atoms with Gasteiger partial charge in [0.1, 0.15) is 11.6 Å². The molecule has 112 valence electrons. The number of aromatic hydroxyl groups is 1. The summed E-state index contributed by atoms with van der Waals surface area (Å²) in [5.41, 5.74) is 0.512. The molecule has 0 radical (unpaired) electrons. The van der Waals surface area contributed by atoms with E-state index < -0.39 is 5.82 Å². The number of carbonyl (C=O) groups excluding carboxylic acids is 1. The van der Waals surface area contributed by atoms with Crippen molar-refractivity contribution in [3.05, 3.63) is 29.1 Å². The Kier molecular flexibility index (Phi) is 5.69. The fourth-order valence-electron chi connectivity index (χ4n) is 2.19. The van der Waals surface area contributed by atoms with Crippen LogP contribution < -0.4 is 0 Å². The number of nitrogens with zero attached hydrogens (tertiary/aromatic N) is 1. The van der Waals surface area contributed by atoms with Crippen molar-refractivity contribution in [2.45, 2.75) is 47.2 Å². The molecule has 0 aromatic heterocycles. The molecular weight excluding hydrogens is 257 g/mol. The van der Waals surface area contributed by atoms with E-state index in [2.05, 4.69) is 32.6 Å². The van der Waals surface area contributed by atoms with Crippen molar-refractivity contribution < 1.29 is 14.3 Å². The van der Waals surface area contributed by atoms with Crippen LogP contribution in [0.5, 0.6) is 5.75 Å². The van der Waals surface area contributed by atoms with Crippen LogP contribution in [0.4, 0.5) is 4.39 Å². The van der Waals surface area contributed by atoms with Gasteiger partial charge in [-0.25, -0.2) is 4.39 Å². The molecule has 0 aliphatic heterocycles. The van der Waals surface area contributed by atoms with Gasteiger partial charge in [0.15, 0.2) is 5.78 Å². The molecular formula is C16H24FNO2. The Balaban J connectivity index is 3.09. The summed E-state index contributed by atoms with van der Waals surface area (Å²) in [4.78, 5) is 13.6. The lowest BCUT2D eigenvalue weighted by Gasteiger charge is -2.28. The van der Waals surface area contributed by atoms with Gasteiger partial charge in [-0.1, -0.05) is 13.8 Å². The molecule has 0 spiro atoms. The van der Waals surface area contributed by atoms with Gasteiger partial charge < -0.3 is 5.11 Å². The first-order valence-electron chi connectivity index (χ1n) is 6.98. The van der Waals surface area contributed by atoms with Gasteiger partial charge in [-0.15, -0.1) is 0 Å². The Labute approximate surface area is 120 Å². The lowest BCUT2D eigenvalue weighted by atomic mass is 10.0. The summed E-state index contributed by atoms with van der Waals surface area (Å²) in [5, 5.41) is 10.1. The smallest absolute Gasteiger partial charge is 0.163 e. The Hall–Kier alpha value is -1.42. The molecule has 0 heterocycles. The standard InChI is InChI=1S/C16H24FNO2/c1-10(2)8-18(11(3)4)9-13-6-14(17)7-15(12(5)19)16(13)20/h6-7,10-11,20H,8-9H2,1-5H3. The molecule has 3 nitrogen and oxygen atoms in total. The zero-order valence-electron chi connectivity index (χ0n) is 12.9. The van der Waals surface area contributed by atoms with Crippen molar-refractivity contribution in [2.24, 2.45) is 5.92 Å². The molecule has 0 atom stereocenters. The first-order chi connectivity index (χ1) is 9.22. The third-order valence-electron chi connectivity index (χ3n) is 3.24. The number of benzene rings is 1. The van der Waals surface area contributed by atoms with E-state index in [4.69, 9.17) is 0 Å². The molecule has 4 heteroatoms. The first-order valence-corrected chi connectivity index (χ1v) is 6.98. The molecule has 0 saturated heterocycles. The zero-order valence-corrected chi connectivity index (χ0v) is 12.9. The minimum atomic E-state index is -0.490. The van der Waals surface area contributed by atoms with E-state index in [-0.39, 0.29) is 23.1 Å². The summed E-state index contributed by atoms with van der Waals surface area (Å²) in [5.74, 6) is -0.451. The zero-order chi connectivity index (χ0) is 15.4. The summed E-state index contributed by atoms with van der Waals surface area (Å²) in [6.07, 6.45) is 0. The van der Waals surface area contributed by atoms with Crippen molar-refractivity contribution in [3.63, 3.8) is 0 Å². The number of phenols is 1. The molecule has 0 amide bonds. The van der Waals surface area contributed by atoms with Crippen LogP contribution in [-0.4, -0.2) is 28.4 Å². The molecule has 0 unspecified atom stereocenters. The largest absolute Gasteiger partial charge is 0.507 e. The minimum Gasteiger partial charge on any atom is -0.507 e. The average Bonchev–Trinajstić information content (AvgIpc) is 2.31. The van der Waals surface area contributed by atoms with Crippen LogP contribution in [0, 0.1) is 11.7 Å². The van der Waals surface area contributed by atoms with Gasteiger partial charge in [0.2, 0.25) is 0 Å². The highest BCUT2D eigenvalue weighted by Crippen LogP contribution is 2.26. The van der Waals surface area contributed by atoms with Crippen molar-refractivity contribution in [1.82, 2.24) is 4.90 Å². The highest BCUT2D eigenvalue weighted by molar-refractivity contribution is 5.97. The number of hydrogen-bond acceptors (Lipinski definition) is 3. The number of halogens is 1. The van der Waals surface area contributed by atoms with Gasteiger partial charge in [-0.05, 0) is 38.8 Å². The predicted octanol–water partition coefficient (Wildman–Crippen LogP) is 3.60. The van der Waals surface area contributed by atoms with Gasteiger partial charge in [0.25, 0.3) is 0 Å². The van der Waals surface area contributed by atoms with Crippen molar-refractivity contribution >= 4 is 5.78 Å². The molecule has 1 aromatic rings. The quantitative estimate of drug-likeness (QED) is 0.810. The maximum atomic E-state index is 13.6. The van der Waals surface area contributed by atoms with E-state index in [1.54, 1.807) is 0 Å². The van der Waals surface area contributed by atoms with Crippen molar-refractivity contribution in [1.29, 1.82) is 0 Å². The van der Waals surface area contributed by atoms with E-state index in [0.717, 1.165) is 12.6 Å². The van der Waals surface area contributed by atoms with E-state index in [0.29, 0.717) is 18.0 Å². The number of rotatable bonds is 6. The maximum absolute atomic E-state index is 13.6. The van der Waals surface area contributed by atoms with E-state index in [1.165, 1.54) is 13.0 Å². The number of Topliss-reactive ketones (excluding diaryl/α,β-unsaturated/α-hetero) is 1. The Bertz CT molecular complexity index is 484. The number of hydrogen-bond donors (Lipinski definition) is 1. The Morgan fingerprint density at radius 2 is 1.90 bits per heavy atom. The highest BCUT2D eigenvalue weighted by atomic mass is 19.1. The van der Waals surface area contributed by atoms with Crippen LogP contribution in [0.3, 0.4) is 0 Å². The first kappa shape index (κ1) is 16.6. The normalized spacial score (nSPS) is 11.7. The highest BCUT2D eigenvalue weighted by Gasteiger charge is 2.18.